The Kier molecular flexibility index (Phi) is 5.97. The maximum atomic E-state index is 12.1. The van der Waals surface area contributed by atoms with Crippen LogP contribution in [-0.4, -0.2) is 21.0 Å². The number of hydrogen-bond acceptors (Lipinski definition) is 3. The molecule has 1 aromatic rings. The van der Waals surface area contributed by atoms with Gasteiger partial charge >= 0.3 is 0 Å². The first-order valence-corrected chi connectivity index (χ1v) is 8.24. The molecule has 5 heteroatoms. The lowest BCUT2D eigenvalue weighted by molar-refractivity contribution is 0.465. The fourth-order valence-corrected chi connectivity index (χ4v) is 3.55. The quantitative estimate of drug-likeness (QED) is 0.802. The molecule has 0 aliphatic rings. The number of nitrogens with two attached hydrogens (primary N) is 1. The monoisotopic (exact) mass is 284 g/mol. The van der Waals surface area contributed by atoms with Gasteiger partial charge in [0.1, 0.15) is 0 Å². The second-order valence-electron chi connectivity index (χ2n) is 5.37. The van der Waals surface area contributed by atoms with Crippen molar-refractivity contribution in [2.24, 2.45) is 11.7 Å². The molecular formula is C14H24N2O2S. The summed E-state index contributed by atoms with van der Waals surface area (Å²) in [5, 5.41) is 0. The van der Waals surface area contributed by atoms with Gasteiger partial charge in [0.25, 0.3) is 0 Å². The van der Waals surface area contributed by atoms with Gasteiger partial charge < -0.3 is 5.73 Å². The summed E-state index contributed by atoms with van der Waals surface area (Å²) >= 11 is 0. The Bertz CT molecular complexity index is 498. The summed E-state index contributed by atoms with van der Waals surface area (Å²) in [5.74, 6) is 0.420. The van der Waals surface area contributed by atoms with Crippen LogP contribution in [0.1, 0.15) is 31.4 Å². The maximum Gasteiger partial charge on any atom is 0.216 e. The van der Waals surface area contributed by atoms with Gasteiger partial charge in [-0.05, 0) is 30.4 Å². The number of sulfonamides is 1. The molecule has 1 aromatic carbocycles. The van der Waals surface area contributed by atoms with Gasteiger partial charge in [0.05, 0.1) is 5.75 Å². The number of aryl methyl sites for hydroxylation is 1. The molecule has 0 aromatic heterocycles. The Morgan fingerprint density at radius 3 is 2.42 bits per heavy atom. The lowest BCUT2D eigenvalue weighted by Crippen LogP contribution is -2.41. The highest BCUT2D eigenvalue weighted by atomic mass is 32.2. The van der Waals surface area contributed by atoms with Crippen molar-refractivity contribution in [3.05, 3.63) is 35.4 Å². The zero-order valence-corrected chi connectivity index (χ0v) is 12.7. The van der Waals surface area contributed by atoms with E-state index in [1.807, 2.05) is 31.2 Å². The van der Waals surface area contributed by atoms with Crippen molar-refractivity contribution in [2.75, 3.05) is 6.54 Å². The van der Waals surface area contributed by atoms with E-state index in [0.717, 1.165) is 17.5 Å². The van der Waals surface area contributed by atoms with Crippen molar-refractivity contribution in [3.8, 4) is 0 Å². The van der Waals surface area contributed by atoms with Gasteiger partial charge in [-0.25, -0.2) is 13.1 Å². The minimum Gasteiger partial charge on any atom is -0.329 e. The largest absolute Gasteiger partial charge is 0.329 e. The fraction of sp³-hybridized carbons (Fsp3) is 0.571. The average Bonchev–Trinajstić information content (AvgIpc) is 2.30. The molecule has 4 nitrogen and oxygen atoms in total. The average molecular weight is 284 g/mol. The third kappa shape index (κ3) is 5.72. The number of benzene rings is 1. The summed E-state index contributed by atoms with van der Waals surface area (Å²) in [6, 6.07) is 7.33. The molecule has 1 atom stereocenters. The van der Waals surface area contributed by atoms with E-state index in [1.54, 1.807) is 0 Å². The molecule has 0 radical (unpaired) electrons. The molecule has 0 heterocycles. The van der Waals surface area contributed by atoms with E-state index in [2.05, 4.69) is 18.6 Å². The zero-order valence-electron chi connectivity index (χ0n) is 11.9. The van der Waals surface area contributed by atoms with Crippen LogP contribution in [0.3, 0.4) is 0 Å². The predicted octanol–water partition coefficient (Wildman–Crippen LogP) is 1.79. The van der Waals surface area contributed by atoms with Crippen LogP contribution in [0.4, 0.5) is 0 Å². The minimum atomic E-state index is -3.34. The van der Waals surface area contributed by atoms with Crippen LogP contribution in [0.15, 0.2) is 24.3 Å². The van der Waals surface area contributed by atoms with Gasteiger partial charge in [0.2, 0.25) is 10.0 Å². The predicted molar refractivity (Wildman–Crippen MR) is 79.2 cm³/mol. The third-order valence-corrected chi connectivity index (χ3v) is 4.38. The van der Waals surface area contributed by atoms with Crippen molar-refractivity contribution < 1.29 is 8.42 Å². The van der Waals surface area contributed by atoms with Crippen LogP contribution in [-0.2, 0) is 15.8 Å². The van der Waals surface area contributed by atoms with E-state index < -0.39 is 10.0 Å². The molecule has 0 bridgehead atoms. The summed E-state index contributed by atoms with van der Waals surface area (Å²) in [4.78, 5) is 0. The van der Waals surface area contributed by atoms with Crippen molar-refractivity contribution in [1.82, 2.24) is 4.72 Å². The second-order valence-corrected chi connectivity index (χ2v) is 7.12. The number of hydrogen-bond donors (Lipinski definition) is 2. The van der Waals surface area contributed by atoms with Crippen LogP contribution in [0.25, 0.3) is 0 Å². The molecule has 0 saturated carbocycles. The van der Waals surface area contributed by atoms with Crippen molar-refractivity contribution >= 4 is 10.0 Å². The molecule has 0 spiro atoms. The Balaban J connectivity index is 2.73. The zero-order chi connectivity index (χ0) is 14.5. The molecule has 0 amide bonds. The highest BCUT2D eigenvalue weighted by Crippen LogP contribution is 2.12. The summed E-state index contributed by atoms with van der Waals surface area (Å²) in [6.07, 6.45) is 0.753. The van der Waals surface area contributed by atoms with Gasteiger partial charge in [-0.1, -0.05) is 38.1 Å². The van der Waals surface area contributed by atoms with Crippen molar-refractivity contribution in [2.45, 2.75) is 39.0 Å². The van der Waals surface area contributed by atoms with Gasteiger partial charge in [0, 0.05) is 12.6 Å². The highest BCUT2D eigenvalue weighted by Gasteiger charge is 2.18. The maximum absolute atomic E-state index is 12.1. The normalized spacial score (nSPS) is 13.7. The van der Waals surface area contributed by atoms with Crippen molar-refractivity contribution in [3.63, 3.8) is 0 Å². The third-order valence-electron chi connectivity index (χ3n) is 2.99. The lowest BCUT2D eigenvalue weighted by Gasteiger charge is -2.19. The SMILES string of the molecule is Cc1ccccc1CS(=O)(=O)N[C@@H](CN)CC(C)C. The number of nitrogens with one attached hydrogen (secondary N) is 1. The van der Waals surface area contributed by atoms with E-state index >= 15 is 0 Å². The molecular weight excluding hydrogens is 260 g/mol. The molecule has 3 N–H and O–H groups in total. The van der Waals surface area contributed by atoms with Crippen LogP contribution >= 0.6 is 0 Å². The fourth-order valence-electron chi connectivity index (χ4n) is 2.03. The van der Waals surface area contributed by atoms with E-state index in [1.165, 1.54) is 0 Å². The Hall–Kier alpha value is -0.910. The standard InChI is InChI=1S/C14H24N2O2S/c1-11(2)8-14(9-15)16-19(17,18)10-13-7-5-4-6-12(13)3/h4-7,11,14,16H,8-10,15H2,1-3H3/t14-/m1/s1. The van der Waals surface area contributed by atoms with Crippen molar-refractivity contribution in [1.29, 1.82) is 0 Å². The second kappa shape index (κ2) is 7.03. The summed E-state index contributed by atoms with van der Waals surface area (Å²) in [6.45, 7) is 6.35. The van der Waals surface area contributed by atoms with E-state index in [-0.39, 0.29) is 11.8 Å². The first-order chi connectivity index (χ1) is 8.84. The van der Waals surface area contributed by atoms with E-state index in [0.29, 0.717) is 12.5 Å². The topological polar surface area (TPSA) is 72.2 Å². The van der Waals surface area contributed by atoms with Gasteiger partial charge in [-0.3, -0.25) is 0 Å². The Morgan fingerprint density at radius 1 is 1.26 bits per heavy atom. The lowest BCUT2D eigenvalue weighted by atomic mass is 10.1. The first-order valence-electron chi connectivity index (χ1n) is 6.58. The number of rotatable bonds is 7. The molecule has 0 aliphatic heterocycles. The molecule has 0 saturated heterocycles. The Morgan fingerprint density at radius 2 is 1.89 bits per heavy atom. The van der Waals surface area contributed by atoms with E-state index in [9.17, 15) is 8.42 Å². The smallest absolute Gasteiger partial charge is 0.216 e. The Labute approximate surface area is 116 Å². The van der Waals surface area contributed by atoms with Crippen LogP contribution in [0.2, 0.25) is 0 Å². The van der Waals surface area contributed by atoms with Crippen LogP contribution < -0.4 is 10.5 Å². The van der Waals surface area contributed by atoms with Gasteiger partial charge in [-0.2, -0.15) is 0 Å². The van der Waals surface area contributed by atoms with Crippen LogP contribution in [0, 0.1) is 12.8 Å². The molecule has 19 heavy (non-hydrogen) atoms. The summed E-state index contributed by atoms with van der Waals surface area (Å²) in [5.41, 5.74) is 7.44. The van der Waals surface area contributed by atoms with Gasteiger partial charge in [0.15, 0.2) is 0 Å². The van der Waals surface area contributed by atoms with E-state index in [4.69, 9.17) is 5.73 Å². The molecule has 0 unspecified atom stereocenters. The van der Waals surface area contributed by atoms with Gasteiger partial charge in [-0.15, -0.1) is 0 Å². The molecule has 0 fully saturated rings. The highest BCUT2D eigenvalue weighted by molar-refractivity contribution is 7.88. The summed E-state index contributed by atoms with van der Waals surface area (Å²) < 4.78 is 27.0. The first kappa shape index (κ1) is 16.1. The molecule has 108 valence electrons. The molecule has 0 aliphatic carbocycles. The van der Waals surface area contributed by atoms with Crippen LogP contribution in [0.5, 0.6) is 0 Å². The minimum absolute atomic E-state index is 0.00820. The summed E-state index contributed by atoms with van der Waals surface area (Å²) in [7, 11) is -3.34. The molecule has 1 rings (SSSR count).